The Labute approximate surface area is 73.8 Å². The Balaban J connectivity index is 2.75. The van der Waals surface area contributed by atoms with E-state index in [1.165, 1.54) is 16.7 Å². The molecule has 2 heterocycles. The van der Waals surface area contributed by atoms with E-state index in [4.69, 9.17) is 0 Å². The molecular weight excluding hydrogens is 174 g/mol. The first kappa shape index (κ1) is 8.16. The van der Waals surface area contributed by atoms with Gasteiger partial charge in [0.2, 0.25) is 0 Å². The molecule has 0 saturated carbocycles. The quantitative estimate of drug-likeness (QED) is 0.661. The van der Waals surface area contributed by atoms with Crippen molar-refractivity contribution in [2.24, 2.45) is 0 Å². The highest BCUT2D eigenvalue weighted by atomic mass is 19.1. The number of halogens is 2. The van der Waals surface area contributed by atoms with Gasteiger partial charge in [-0.2, -0.15) is 0 Å². The normalized spacial score (nSPS) is 11.0. The van der Waals surface area contributed by atoms with Gasteiger partial charge in [0.15, 0.2) is 11.5 Å². The van der Waals surface area contributed by atoms with Gasteiger partial charge in [0, 0.05) is 12.4 Å². The zero-order chi connectivity index (χ0) is 9.42. The molecule has 0 unspecified atom stereocenters. The smallest absolute Gasteiger partial charge is 0.173 e. The van der Waals surface area contributed by atoms with Gasteiger partial charge in [0.05, 0.1) is 5.69 Å². The predicted octanol–water partition coefficient (Wildman–Crippen LogP) is 2.25. The van der Waals surface area contributed by atoms with E-state index in [-0.39, 0.29) is 11.3 Å². The van der Waals surface area contributed by atoms with E-state index in [0.717, 1.165) is 5.56 Å². The van der Waals surface area contributed by atoms with E-state index in [1.807, 2.05) is 0 Å². The zero-order valence-corrected chi connectivity index (χ0v) is 7.09. The molecule has 0 aliphatic carbocycles. The highest BCUT2D eigenvalue weighted by molar-refractivity contribution is 5.43. The molecule has 4 heteroatoms. The number of hydrogen-bond donors (Lipinski definition) is 0. The molecule has 0 aliphatic heterocycles. The van der Waals surface area contributed by atoms with E-state index < -0.39 is 12.5 Å². The molecule has 0 aliphatic rings. The lowest BCUT2D eigenvalue weighted by atomic mass is 10.3. The number of hydrogen-bond acceptors (Lipinski definition) is 1. The first-order chi connectivity index (χ1) is 6.20. The maximum Gasteiger partial charge on any atom is 0.173 e. The van der Waals surface area contributed by atoms with Crippen LogP contribution in [0.25, 0.3) is 5.65 Å². The summed E-state index contributed by atoms with van der Waals surface area (Å²) in [7, 11) is 0. The Kier molecular flexibility index (Phi) is 1.76. The predicted molar refractivity (Wildman–Crippen MR) is 44.7 cm³/mol. The number of aromatic nitrogens is 2. The molecule has 0 aromatic carbocycles. The zero-order valence-electron chi connectivity index (χ0n) is 7.09. The lowest BCUT2D eigenvalue weighted by Crippen LogP contribution is -1.89. The summed E-state index contributed by atoms with van der Waals surface area (Å²) < 4.78 is 26.9. The molecule has 0 N–H and O–H groups in total. The Morgan fingerprint density at radius 3 is 2.92 bits per heavy atom. The minimum absolute atomic E-state index is 0.179. The van der Waals surface area contributed by atoms with Crippen LogP contribution >= 0.6 is 0 Å². The van der Waals surface area contributed by atoms with Crippen LogP contribution in [-0.4, -0.2) is 9.38 Å². The number of fused-ring (bicyclic) bond motifs is 1. The lowest BCUT2D eigenvalue weighted by Gasteiger charge is -1.96. The molecule has 2 aromatic rings. The van der Waals surface area contributed by atoms with E-state index in [9.17, 15) is 8.78 Å². The van der Waals surface area contributed by atoms with Gasteiger partial charge in [0.25, 0.3) is 0 Å². The third-order valence-electron chi connectivity index (χ3n) is 1.83. The van der Waals surface area contributed by atoms with Gasteiger partial charge in [-0.3, -0.25) is 0 Å². The first-order valence-corrected chi connectivity index (χ1v) is 3.90. The van der Waals surface area contributed by atoms with Crippen LogP contribution in [0.2, 0.25) is 0 Å². The van der Waals surface area contributed by atoms with Crippen LogP contribution in [-0.2, 0) is 6.67 Å². The topological polar surface area (TPSA) is 17.3 Å². The van der Waals surface area contributed by atoms with Crippen LogP contribution in [0, 0.1) is 12.7 Å². The van der Waals surface area contributed by atoms with Crippen molar-refractivity contribution in [1.82, 2.24) is 9.38 Å². The van der Waals surface area contributed by atoms with Crippen LogP contribution in [0.15, 0.2) is 18.5 Å². The van der Waals surface area contributed by atoms with Crippen LogP contribution in [0.1, 0.15) is 11.3 Å². The van der Waals surface area contributed by atoms with Crippen molar-refractivity contribution >= 4 is 5.65 Å². The molecule has 68 valence electrons. The number of aryl methyl sites for hydroxylation is 1. The van der Waals surface area contributed by atoms with Gasteiger partial charge in [0.1, 0.15) is 6.67 Å². The molecule has 13 heavy (non-hydrogen) atoms. The second-order valence-electron chi connectivity index (χ2n) is 2.96. The maximum absolute atomic E-state index is 13.2. The Morgan fingerprint density at radius 2 is 2.23 bits per heavy atom. The molecule has 0 radical (unpaired) electrons. The summed E-state index contributed by atoms with van der Waals surface area (Å²) in [6.07, 6.45) is 3.20. The molecule has 2 aromatic heterocycles. The summed E-state index contributed by atoms with van der Waals surface area (Å²) in [6.45, 7) is 1.11. The van der Waals surface area contributed by atoms with Crippen LogP contribution in [0.5, 0.6) is 0 Å². The summed E-state index contributed by atoms with van der Waals surface area (Å²) in [5, 5.41) is 0. The van der Waals surface area contributed by atoms with Crippen molar-refractivity contribution < 1.29 is 8.78 Å². The van der Waals surface area contributed by atoms with Gasteiger partial charge in [-0.25, -0.2) is 13.8 Å². The molecule has 0 spiro atoms. The number of alkyl halides is 1. The highest BCUT2D eigenvalue weighted by Gasteiger charge is 2.06. The third kappa shape index (κ3) is 1.28. The van der Waals surface area contributed by atoms with Crippen LogP contribution in [0.4, 0.5) is 8.78 Å². The molecule has 2 rings (SSSR count). The highest BCUT2D eigenvalue weighted by Crippen LogP contribution is 2.12. The van der Waals surface area contributed by atoms with E-state index in [1.54, 1.807) is 13.1 Å². The van der Waals surface area contributed by atoms with E-state index >= 15 is 0 Å². The summed E-state index contributed by atoms with van der Waals surface area (Å²) in [5.41, 5.74) is 1.22. The van der Waals surface area contributed by atoms with Crippen LogP contribution in [0.3, 0.4) is 0 Å². The molecular formula is C9H8F2N2. The maximum atomic E-state index is 13.2. The average molecular weight is 182 g/mol. The molecule has 0 fully saturated rings. The Morgan fingerprint density at radius 1 is 1.46 bits per heavy atom. The lowest BCUT2D eigenvalue weighted by molar-refractivity contribution is 0.477. The number of imidazole rings is 1. The van der Waals surface area contributed by atoms with Crippen molar-refractivity contribution in [1.29, 1.82) is 0 Å². The van der Waals surface area contributed by atoms with Crippen molar-refractivity contribution in [2.75, 3.05) is 0 Å². The van der Waals surface area contributed by atoms with Crippen molar-refractivity contribution in [3.63, 3.8) is 0 Å². The molecule has 0 atom stereocenters. The van der Waals surface area contributed by atoms with E-state index in [0.29, 0.717) is 0 Å². The van der Waals surface area contributed by atoms with Crippen molar-refractivity contribution in [3.05, 3.63) is 35.5 Å². The molecule has 0 saturated heterocycles. The number of nitrogens with zero attached hydrogens (tertiary/aromatic N) is 2. The van der Waals surface area contributed by atoms with Gasteiger partial charge < -0.3 is 4.40 Å². The van der Waals surface area contributed by atoms with E-state index in [2.05, 4.69) is 4.98 Å². The minimum atomic E-state index is -0.667. The average Bonchev–Trinajstić information content (AvgIpc) is 2.47. The minimum Gasteiger partial charge on any atom is -0.304 e. The number of rotatable bonds is 1. The fraction of sp³-hybridized carbons (Fsp3) is 0.222. The summed E-state index contributed by atoms with van der Waals surface area (Å²) in [6, 6.07) is 1.38. The largest absolute Gasteiger partial charge is 0.304 e. The second-order valence-corrected chi connectivity index (χ2v) is 2.96. The van der Waals surface area contributed by atoms with Gasteiger partial charge >= 0.3 is 0 Å². The molecule has 0 bridgehead atoms. The first-order valence-electron chi connectivity index (χ1n) is 3.90. The Bertz CT molecular complexity index is 448. The van der Waals surface area contributed by atoms with Gasteiger partial charge in [-0.05, 0) is 18.6 Å². The third-order valence-corrected chi connectivity index (χ3v) is 1.83. The molecule has 0 amide bonds. The van der Waals surface area contributed by atoms with Crippen molar-refractivity contribution in [2.45, 2.75) is 13.6 Å². The van der Waals surface area contributed by atoms with Crippen LogP contribution < -0.4 is 0 Å². The second kappa shape index (κ2) is 2.80. The summed E-state index contributed by atoms with van der Waals surface area (Å²) in [4.78, 5) is 3.78. The summed E-state index contributed by atoms with van der Waals surface area (Å²) >= 11 is 0. The standard InChI is InChI=1S/C9H8F2N2/c1-6-2-8(11)9-12-7(3-10)5-13(9)4-6/h2,4-5H,3H2,1H3. The summed E-state index contributed by atoms with van der Waals surface area (Å²) in [5.74, 6) is -0.417. The Hall–Kier alpha value is -1.45. The SMILES string of the molecule is Cc1cc(F)c2nc(CF)cn2c1. The van der Waals surface area contributed by atoms with Gasteiger partial charge in [-0.15, -0.1) is 0 Å². The van der Waals surface area contributed by atoms with Crippen molar-refractivity contribution in [3.8, 4) is 0 Å². The van der Waals surface area contributed by atoms with Gasteiger partial charge in [-0.1, -0.05) is 0 Å². The fourth-order valence-corrected chi connectivity index (χ4v) is 1.30. The fourth-order valence-electron chi connectivity index (χ4n) is 1.30. The monoisotopic (exact) mass is 182 g/mol. The number of pyridine rings is 1. The molecule has 2 nitrogen and oxygen atoms in total.